The second kappa shape index (κ2) is 11.5. The molecule has 5 heteroatoms. The van der Waals surface area contributed by atoms with Gasteiger partial charge in [0.05, 0.1) is 0 Å². The van der Waals surface area contributed by atoms with Crippen LogP contribution in [-0.4, -0.2) is 11.1 Å². The van der Waals surface area contributed by atoms with Gasteiger partial charge in [0.25, 0.3) is 5.97 Å². The predicted molar refractivity (Wildman–Crippen MR) is 49.4 cm³/mol. The van der Waals surface area contributed by atoms with E-state index in [1.807, 2.05) is 0 Å². The average molecular weight is 372 g/mol. The summed E-state index contributed by atoms with van der Waals surface area (Å²) in [4.78, 5) is 9.00. The summed E-state index contributed by atoms with van der Waals surface area (Å²) < 4.78 is 1.52. The van der Waals surface area contributed by atoms with Crippen LogP contribution in [0.15, 0.2) is 30.3 Å². The molecule has 0 spiro atoms. The van der Waals surface area contributed by atoms with Crippen LogP contribution in [0.25, 0.3) is 0 Å². The molecule has 0 aliphatic heterocycles. The Labute approximate surface area is 94.5 Å². The molecule has 0 amide bonds. The van der Waals surface area contributed by atoms with Crippen molar-refractivity contribution in [2.45, 2.75) is 6.92 Å². The van der Waals surface area contributed by atoms with Gasteiger partial charge in [0, 0.05) is 6.92 Å². The van der Waals surface area contributed by atoms with Gasteiger partial charge in [0.1, 0.15) is 0 Å². The van der Waals surface area contributed by atoms with Crippen molar-refractivity contribution in [3.8, 4) is 0 Å². The predicted octanol–water partition coefficient (Wildman–Crippen LogP) is 1.27. The van der Waals surface area contributed by atoms with Crippen molar-refractivity contribution in [3.05, 3.63) is 30.3 Å². The van der Waals surface area contributed by atoms with Gasteiger partial charge in [0.2, 0.25) is 0 Å². The van der Waals surface area contributed by atoms with E-state index in [0.717, 1.165) is 33.0 Å². The summed E-state index contributed by atoms with van der Waals surface area (Å²) in [7, 11) is 0. The van der Waals surface area contributed by atoms with Gasteiger partial charge in [0.15, 0.2) is 0 Å². The third kappa shape index (κ3) is 18.5. The third-order valence-corrected chi connectivity index (χ3v) is 2.68. The first-order valence-electron chi connectivity index (χ1n) is 3.19. The van der Waals surface area contributed by atoms with Crippen LogP contribution < -0.4 is 15.4 Å². The zero-order valence-corrected chi connectivity index (χ0v) is 13.4. The van der Waals surface area contributed by atoms with Crippen LogP contribution in [0.5, 0.6) is 0 Å². The van der Waals surface area contributed by atoms with Gasteiger partial charge in [-0.3, -0.25) is 4.79 Å². The summed E-state index contributed by atoms with van der Waals surface area (Å²) in [6, 6.07) is 10.6. The zero-order chi connectivity index (χ0) is 8.69. The van der Waals surface area contributed by atoms with Crippen molar-refractivity contribution < 1.29 is 36.0 Å². The fourth-order valence-corrected chi connectivity index (χ4v) is 1.54. The van der Waals surface area contributed by atoms with E-state index >= 15 is 0 Å². The fraction of sp³-hybridized carbons (Fsp3) is 0.125. The van der Waals surface area contributed by atoms with Gasteiger partial charge in [-0.1, -0.05) is 0 Å². The third-order valence-electron chi connectivity index (χ3n) is 0.843. The number of carbonyl (C=O) groups is 1. The molecule has 0 heterocycles. The average Bonchev–Trinajstić information content (AvgIpc) is 1.87. The molecule has 1 aromatic carbocycles. The Hall–Kier alpha value is -0.455. The summed E-state index contributed by atoms with van der Waals surface area (Å²) in [5.74, 6) is -0.833. The molecule has 1 rings (SSSR count). The number of hydrogen-bond acceptors (Lipinski definition) is 3. The van der Waals surface area contributed by atoms with E-state index in [9.17, 15) is 0 Å². The molecule has 0 fully saturated rings. The first kappa shape index (κ1) is 18.4. The van der Waals surface area contributed by atoms with Gasteiger partial charge in [-0.25, -0.2) is 0 Å². The molecule has 0 aliphatic rings. The van der Waals surface area contributed by atoms with Crippen molar-refractivity contribution in [3.63, 3.8) is 0 Å². The van der Waals surface area contributed by atoms with Crippen LogP contribution in [0.3, 0.4) is 0 Å². The molecule has 7 N–H and O–H groups in total. The minimum atomic E-state index is -0.833. The van der Waals surface area contributed by atoms with Crippen molar-refractivity contribution in [1.82, 2.24) is 12.3 Å². The molecule has 0 saturated heterocycles. The zero-order valence-electron chi connectivity index (χ0n) is 7.86. The van der Waals surface area contributed by atoms with Gasteiger partial charge in [-0.05, 0) is 0 Å². The number of rotatable bonds is 0. The quantitative estimate of drug-likeness (QED) is 0.597. The van der Waals surface area contributed by atoms with E-state index < -0.39 is 5.97 Å². The SMILES string of the molecule is CC(=O)O.N.N.[Hg][c]1ccccc1. The molecule has 0 radical (unpaired) electrons. The molecule has 0 saturated carbocycles. The summed E-state index contributed by atoms with van der Waals surface area (Å²) in [6.07, 6.45) is 0. The minimum absolute atomic E-state index is 0. The summed E-state index contributed by atoms with van der Waals surface area (Å²) >= 11 is 0.810. The molecular formula is C8H15HgN2O2. The molecule has 4 nitrogen and oxygen atoms in total. The van der Waals surface area contributed by atoms with Gasteiger partial charge < -0.3 is 17.4 Å². The Morgan fingerprint density at radius 3 is 1.69 bits per heavy atom. The maximum atomic E-state index is 9.00. The first-order chi connectivity index (χ1) is 5.13. The molecule has 0 unspecified atom stereocenters. The fourth-order valence-electron chi connectivity index (χ4n) is 0.478. The number of carboxylic acid groups (broad SMARTS) is 1. The van der Waals surface area contributed by atoms with Gasteiger partial charge in [-0.2, -0.15) is 0 Å². The molecule has 0 aromatic heterocycles. The maximum absolute atomic E-state index is 9.00. The number of hydrogen-bond donors (Lipinski definition) is 3. The van der Waals surface area contributed by atoms with Crippen LogP contribution in [-0.2, 0) is 30.9 Å². The monoisotopic (exact) mass is 373 g/mol. The summed E-state index contributed by atoms with van der Waals surface area (Å²) in [5, 5.41) is 7.42. The van der Waals surface area contributed by atoms with E-state index in [1.165, 1.54) is 3.07 Å². The topological polar surface area (TPSA) is 107 Å². The van der Waals surface area contributed by atoms with Crippen molar-refractivity contribution in [2.75, 3.05) is 0 Å². The van der Waals surface area contributed by atoms with Crippen molar-refractivity contribution >= 4 is 9.04 Å². The van der Waals surface area contributed by atoms with E-state index in [0.29, 0.717) is 0 Å². The van der Waals surface area contributed by atoms with Crippen LogP contribution in [0.1, 0.15) is 6.92 Å². The number of aliphatic carboxylic acids is 1. The van der Waals surface area contributed by atoms with E-state index in [1.54, 1.807) is 0 Å². The van der Waals surface area contributed by atoms with Gasteiger partial charge >= 0.3 is 59.5 Å². The second-order valence-corrected chi connectivity index (χ2v) is 5.18. The van der Waals surface area contributed by atoms with Crippen molar-refractivity contribution in [1.29, 1.82) is 0 Å². The van der Waals surface area contributed by atoms with Crippen LogP contribution >= 0.6 is 0 Å². The molecule has 13 heavy (non-hydrogen) atoms. The number of carboxylic acids is 1. The second-order valence-electron chi connectivity index (χ2n) is 2.00. The molecule has 0 atom stereocenters. The molecule has 0 aliphatic carbocycles. The number of benzene rings is 1. The van der Waals surface area contributed by atoms with Gasteiger partial charge in [-0.15, -0.1) is 0 Å². The Kier molecular flexibility index (Phi) is 16.3. The summed E-state index contributed by atoms with van der Waals surface area (Å²) in [6.45, 7) is 1.08. The molecular weight excluding hydrogens is 357 g/mol. The van der Waals surface area contributed by atoms with E-state index in [-0.39, 0.29) is 12.3 Å². The Morgan fingerprint density at radius 2 is 1.54 bits per heavy atom. The van der Waals surface area contributed by atoms with E-state index in [2.05, 4.69) is 30.3 Å². The normalized spacial score (nSPS) is 6.69. The molecule has 71 valence electrons. The van der Waals surface area contributed by atoms with Crippen LogP contribution in [0.4, 0.5) is 0 Å². The molecule has 0 bridgehead atoms. The Balaban J connectivity index is -0.000000150. The standard InChI is InChI=1S/C6H5.C2H4O2.Hg.2H3N/c1-2-4-6-5-3-1;1-2(3)4;;;/h1-5H;1H3,(H,3,4);;2*1H3. The van der Waals surface area contributed by atoms with Crippen LogP contribution in [0.2, 0.25) is 0 Å². The van der Waals surface area contributed by atoms with E-state index in [4.69, 9.17) is 9.90 Å². The van der Waals surface area contributed by atoms with Crippen molar-refractivity contribution in [2.24, 2.45) is 0 Å². The summed E-state index contributed by atoms with van der Waals surface area (Å²) in [5.41, 5.74) is 0. The first-order valence-corrected chi connectivity index (χ1v) is 5.94. The molecule has 1 aromatic rings. The Morgan fingerprint density at radius 1 is 1.23 bits per heavy atom. The Bertz CT molecular complexity index is 213. The van der Waals surface area contributed by atoms with Crippen LogP contribution in [0, 0.1) is 0 Å².